The Kier molecular flexibility index (Phi) is 3.00. The molecule has 1 N–H and O–H groups in total. The molecule has 1 heterocycles. The standard InChI is InChI=1S/C12H10FNO2/c13-11(5-7-15)9-1-3-10(4-2-9)12-6-8-16-14-12/h1-8,11,15H/b7-5-. The van der Waals surface area contributed by atoms with Gasteiger partial charge >= 0.3 is 0 Å². The second kappa shape index (κ2) is 4.61. The predicted octanol–water partition coefficient (Wildman–Crippen LogP) is 3.42. The summed E-state index contributed by atoms with van der Waals surface area (Å²) in [7, 11) is 0. The number of aliphatic hydroxyl groups is 1. The van der Waals surface area contributed by atoms with Crippen LogP contribution in [0.25, 0.3) is 11.3 Å². The van der Waals surface area contributed by atoms with Crippen LogP contribution in [0.1, 0.15) is 11.7 Å². The van der Waals surface area contributed by atoms with Crippen LogP contribution in [-0.4, -0.2) is 10.3 Å². The minimum atomic E-state index is -1.30. The average molecular weight is 219 g/mol. The normalized spacial score (nSPS) is 13.1. The molecule has 1 unspecified atom stereocenters. The molecule has 1 aromatic heterocycles. The molecule has 0 fully saturated rings. The molecule has 0 aliphatic carbocycles. The fourth-order valence-corrected chi connectivity index (χ4v) is 1.39. The molecule has 0 saturated heterocycles. The van der Waals surface area contributed by atoms with Gasteiger partial charge in [0.2, 0.25) is 0 Å². The summed E-state index contributed by atoms with van der Waals surface area (Å²) >= 11 is 0. The minimum absolute atomic E-state index is 0.484. The number of hydrogen-bond donors (Lipinski definition) is 1. The zero-order valence-electron chi connectivity index (χ0n) is 8.38. The average Bonchev–Trinajstić information content (AvgIpc) is 2.83. The predicted molar refractivity (Wildman–Crippen MR) is 57.6 cm³/mol. The molecular formula is C12H10FNO2. The first-order valence-corrected chi connectivity index (χ1v) is 4.77. The molecule has 0 amide bonds. The number of nitrogens with zero attached hydrogens (tertiary/aromatic N) is 1. The third kappa shape index (κ3) is 2.11. The molecule has 2 aromatic rings. The largest absolute Gasteiger partial charge is 0.516 e. The summed E-state index contributed by atoms with van der Waals surface area (Å²) in [5, 5.41) is 12.2. The zero-order valence-corrected chi connectivity index (χ0v) is 8.38. The summed E-state index contributed by atoms with van der Waals surface area (Å²) in [5.41, 5.74) is 2.05. The van der Waals surface area contributed by atoms with Crippen LogP contribution >= 0.6 is 0 Å². The summed E-state index contributed by atoms with van der Waals surface area (Å²) in [5.74, 6) is 0. The van der Waals surface area contributed by atoms with Crippen molar-refractivity contribution in [1.82, 2.24) is 5.16 Å². The molecule has 16 heavy (non-hydrogen) atoms. The summed E-state index contributed by atoms with van der Waals surface area (Å²) in [6.07, 6.45) is 1.97. The van der Waals surface area contributed by atoms with Crippen molar-refractivity contribution < 1.29 is 14.0 Å². The van der Waals surface area contributed by atoms with Gasteiger partial charge in [-0.25, -0.2) is 4.39 Å². The lowest BCUT2D eigenvalue weighted by molar-refractivity contribution is 0.396. The molecule has 82 valence electrons. The van der Waals surface area contributed by atoms with Crippen molar-refractivity contribution in [3.05, 3.63) is 54.5 Å². The topological polar surface area (TPSA) is 46.3 Å². The quantitative estimate of drug-likeness (QED) is 0.804. The Morgan fingerprint density at radius 3 is 2.56 bits per heavy atom. The van der Waals surface area contributed by atoms with E-state index < -0.39 is 6.17 Å². The molecule has 0 aliphatic rings. The van der Waals surface area contributed by atoms with Gasteiger partial charge in [0.15, 0.2) is 0 Å². The summed E-state index contributed by atoms with van der Waals surface area (Å²) in [4.78, 5) is 0. The zero-order chi connectivity index (χ0) is 11.4. The van der Waals surface area contributed by atoms with Crippen molar-refractivity contribution in [2.45, 2.75) is 6.17 Å². The van der Waals surface area contributed by atoms with Gasteiger partial charge in [0, 0.05) is 11.6 Å². The monoisotopic (exact) mass is 219 g/mol. The van der Waals surface area contributed by atoms with Crippen LogP contribution in [0.15, 0.2) is 53.5 Å². The number of hydrogen-bond acceptors (Lipinski definition) is 3. The van der Waals surface area contributed by atoms with Crippen molar-refractivity contribution in [3.63, 3.8) is 0 Å². The van der Waals surface area contributed by atoms with E-state index in [2.05, 4.69) is 5.16 Å². The number of allylic oxidation sites excluding steroid dienone is 1. The SMILES string of the molecule is O/C=C\C(F)c1ccc(-c2ccon2)cc1. The van der Waals surface area contributed by atoms with Crippen LogP contribution < -0.4 is 0 Å². The number of alkyl halides is 1. The van der Waals surface area contributed by atoms with Crippen LogP contribution in [0.3, 0.4) is 0 Å². The van der Waals surface area contributed by atoms with Crippen LogP contribution in [0, 0.1) is 0 Å². The van der Waals surface area contributed by atoms with Crippen molar-refractivity contribution in [2.24, 2.45) is 0 Å². The van der Waals surface area contributed by atoms with E-state index in [0.29, 0.717) is 17.5 Å². The van der Waals surface area contributed by atoms with Crippen molar-refractivity contribution >= 4 is 0 Å². The molecule has 0 spiro atoms. The van der Waals surface area contributed by atoms with Gasteiger partial charge in [0.05, 0.1) is 6.26 Å². The maximum atomic E-state index is 13.3. The van der Waals surface area contributed by atoms with Gasteiger partial charge < -0.3 is 9.63 Å². The highest BCUT2D eigenvalue weighted by molar-refractivity contribution is 5.58. The van der Waals surface area contributed by atoms with E-state index in [1.165, 1.54) is 6.26 Å². The van der Waals surface area contributed by atoms with Crippen LogP contribution in [0.4, 0.5) is 4.39 Å². The van der Waals surface area contributed by atoms with Crippen LogP contribution in [0.5, 0.6) is 0 Å². The Morgan fingerprint density at radius 2 is 2.00 bits per heavy atom. The first-order chi connectivity index (χ1) is 7.81. The van der Waals surface area contributed by atoms with Crippen molar-refractivity contribution in [3.8, 4) is 11.3 Å². The maximum Gasteiger partial charge on any atom is 0.147 e. The second-order valence-electron chi connectivity index (χ2n) is 3.25. The molecule has 2 rings (SSSR count). The van der Waals surface area contributed by atoms with Crippen molar-refractivity contribution in [2.75, 3.05) is 0 Å². The molecule has 3 nitrogen and oxygen atoms in total. The number of aromatic nitrogens is 1. The van der Waals surface area contributed by atoms with Gasteiger partial charge in [-0.2, -0.15) is 0 Å². The molecule has 0 aliphatic heterocycles. The lowest BCUT2D eigenvalue weighted by atomic mass is 10.1. The lowest BCUT2D eigenvalue weighted by Crippen LogP contribution is -1.87. The molecule has 0 radical (unpaired) electrons. The van der Waals surface area contributed by atoms with Crippen molar-refractivity contribution in [1.29, 1.82) is 0 Å². The van der Waals surface area contributed by atoms with Gasteiger partial charge in [-0.05, 0) is 11.6 Å². The fraction of sp³-hybridized carbons (Fsp3) is 0.0833. The van der Waals surface area contributed by atoms with E-state index in [-0.39, 0.29) is 0 Å². The molecule has 1 atom stereocenters. The van der Waals surface area contributed by atoms with E-state index in [1.807, 2.05) is 0 Å². The van der Waals surface area contributed by atoms with E-state index >= 15 is 0 Å². The lowest BCUT2D eigenvalue weighted by Gasteiger charge is -2.03. The van der Waals surface area contributed by atoms with E-state index in [4.69, 9.17) is 9.63 Å². The Labute approximate surface area is 91.8 Å². The van der Waals surface area contributed by atoms with Gasteiger partial charge in [0.25, 0.3) is 0 Å². The minimum Gasteiger partial charge on any atom is -0.516 e. The summed E-state index contributed by atoms with van der Waals surface area (Å²) < 4.78 is 18.0. The molecule has 1 aromatic carbocycles. The summed E-state index contributed by atoms with van der Waals surface area (Å²) in [6, 6.07) is 8.54. The Balaban J connectivity index is 2.23. The molecule has 0 bridgehead atoms. The second-order valence-corrected chi connectivity index (χ2v) is 3.25. The van der Waals surface area contributed by atoms with E-state index in [1.54, 1.807) is 30.3 Å². The number of benzene rings is 1. The maximum absolute atomic E-state index is 13.3. The third-order valence-corrected chi connectivity index (χ3v) is 2.22. The van der Waals surface area contributed by atoms with Crippen LogP contribution in [0.2, 0.25) is 0 Å². The highest BCUT2D eigenvalue weighted by Gasteiger charge is 2.06. The number of rotatable bonds is 3. The Bertz CT molecular complexity index is 462. The molecule has 4 heteroatoms. The van der Waals surface area contributed by atoms with Gasteiger partial charge in [-0.3, -0.25) is 0 Å². The van der Waals surface area contributed by atoms with Gasteiger partial charge in [0.1, 0.15) is 18.1 Å². The molecular weight excluding hydrogens is 209 g/mol. The first kappa shape index (κ1) is 10.4. The third-order valence-electron chi connectivity index (χ3n) is 2.22. The molecule has 0 saturated carbocycles. The number of halogens is 1. The summed E-state index contributed by atoms with van der Waals surface area (Å²) in [6.45, 7) is 0. The smallest absolute Gasteiger partial charge is 0.147 e. The Morgan fingerprint density at radius 1 is 1.25 bits per heavy atom. The van der Waals surface area contributed by atoms with E-state index in [0.717, 1.165) is 11.6 Å². The highest BCUT2D eigenvalue weighted by atomic mass is 19.1. The van der Waals surface area contributed by atoms with Gasteiger partial charge in [-0.1, -0.05) is 29.4 Å². The Hall–Kier alpha value is -2.10. The number of aliphatic hydroxyl groups excluding tert-OH is 1. The van der Waals surface area contributed by atoms with Gasteiger partial charge in [-0.15, -0.1) is 0 Å². The highest BCUT2D eigenvalue weighted by Crippen LogP contribution is 2.23. The van der Waals surface area contributed by atoms with Crippen LogP contribution in [-0.2, 0) is 0 Å². The first-order valence-electron chi connectivity index (χ1n) is 4.77. The fourth-order valence-electron chi connectivity index (χ4n) is 1.39. The van der Waals surface area contributed by atoms with E-state index in [9.17, 15) is 4.39 Å².